The fraction of sp³-hybridized carbons (Fsp3) is 0.520. The quantitative estimate of drug-likeness (QED) is 0.574. The van der Waals surface area contributed by atoms with Gasteiger partial charge in [-0.15, -0.1) is 0 Å². The van der Waals surface area contributed by atoms with E-state index in [1.165, 1.54) is 17.7 Å². The predicted molar refractivity (Wildman–Crippen MR) is 117 cm³/mol. The Balaban J connectivity index is 2.16. The van der Waals surface area contributed by atoms with Crippen molar-refractivity contribution in [3.8, 4) is 0 Å². The fourth-order valence-corrected chi connectivity index (χ4v) is 3.85. The molecule has 2 rings (SSSR count). The third kappa shape index (κ3) is 7.60. The zero-order valence-electron chi connectivity index (χ0n) is 18.2. The van der Waals surface area contributed by atoms with Gasteiger partial charge in [0.25, 0.3) is 5.91 Å². The summed E-state index contributed by atoms with van der Waals surface area (Å²) in [5.41, 5.74) is 2.47. The highest BCUT2D eigenvalue weighted by Crippen LogP contribution is 2.24. The van der Waals surface area contributed by atoms with Crippen molar-refractivity contribution >= 4 is 17.5 Å². The molecule has 4 nitrogen and oxygen atoms in total. The monoisotopic (exact) mass is 396 g/mol. The number of nitrogens with one attached hydrogen (secondary N) is 1. The largest absolute Gasteiger partial charge is 0.319 e. The number of hydrogen-bond donors (Lipinski definition) is 1. The number of amides is 1. The maximum atomic E-state index is 12.8. The molecule has 1 radical (unpaired) electrons. The topological polar surface area (TPSA) is 63.2 Å². The van der Waals surface area contributed by atoms with Crippen LogP contribution >= 0.6 is 0 Å². The summed E-state index contributed by atoms with van der Waals surface area (Å²) in [6, 6.07) is 0. The van der Waals surface area contributed by atoms with Gasteiger partial charge in [-0.3, -0.25) is 14.4 Å². The second kappa shape index (κ2) is 11.1. The first kappa shape index (κ1) is 23.1. The first-order valence-electron chi connectivity index (χ1n) is 10.8. The van der Waals surface area contributed by atoms with Crippen molar-refractivity contribution in [2.75, 3.05) is 0 Å². The van der Waals surface area contributed by atoms with Gasteiger partial charge in [-0.1, -0.05) is 44.4 Å². The Morgan fingerprint density at radius 2 is 1.72 bits per heavy atom. The summed E-state index contributed by atoms with van der Waals surface area (Å²) < 4.78 is 0. The SMILES string of the molecule is C/C1=C/C(C)CCCC(C)CC2=CC(=O)C=C(NC(=O)/C(C)=C\CCC[CH]1)C2=O. The van der Waals surface area contributed by atoms with Crippen LogP contribution in [0.5, 0.6) is 0 Å². The summed E-state index contributed by atoms with van der Waals surface area (Å²) in [6.07, 6.45) is 15.7. The highest BCUT2D eigenvalue weighted by molar-refractivity contribution is 6.21. The maximum absolute atomic E-state index is 12.8. The predicted octanol–water partition coefficient (Wildman–Crippen LogP) is 5.18. The van der Waals surface area contributed by atoms with Crippen molar-refractivity contribution in [2.45, 2.75) is 72.6 Å². The van der Waals surface area contributed by atoms with Crippen molar-refractivity contribution in [1.29, 1.82) is 0 Å². The minimum atomic E-state index is -0.321. The summed E-state index contributed by atoms with van der Waals surface area (Å²) in [5, 5.41) is 2.65. The molecule has 0 aromatic rings. The van der Waals surface area contributed by atoms with Gasteiger partial charge in [0, 0.05) is 17.2 Å². The standard InChI is InChI=1S/C25H34NO3/c1-17-9-6-5-7-12-20(4)25(29)26-23-16-22(27)15-21(24(23)28)14-19(3)11-8-10-18(2)13-17/h9,12-13,15-16,18-19H,5-8,10-11,14H2,1-4H3,(H,26,29)/b17-13-,20-12-. The molecular formula is C25H34NO3. The van der Waals surface area contributed by atoms with Crippen LogP contribution in [0.15, 0.2) is 46.7 Å². The summed E-state index contributed by atoms with van der Waals surface area (Å²) in [7, 11) is 0. The lowest BCUT2D eigenvalue weighted by atomic mass is 9.88. The molecule has 0 aromatic heterocycles. The molecule has 29 heavy (non-hydrogen) atoms. The number of ketones is 2. The Hall–Kier alpha value is -2.23. The fourth-order valence-electron chi connectivity index (χ4n) is 3.85. The first-order chi connectivity index (χ1) is 13.8. The molecule has 0 spiro atoms. The highest BCUT2D eigenvalue weighted by Gasteiger charge is 2.24. The first-order valence-corrected chi connectivity index (χ1v) is 10.8. The highest BCUT2D eigenvalue weighted by atomic mass is 16.2. The molecule has 0 saturated carbocycles. The van der Waals surface area contributed by atoms with Crippen LogP contribution in [0.3, 0.4) is 0 Å². The molecule has 2 unspecified atom stereocenters. The van der Waals surface area contributed by atoms with Gasteiger partial charge in [-0.25, -0.2) is 0 Å². The molecule has 1 heterocycles. The third-order valence-corrected chi connectivity index (χ3v) is 5.54. The maximum Gasteiger partial charge on any atom is 0.251 e. The summed E-state index contributed by atoms with van der Waals surface area (Å²) in [5.74, 6) is 0.0340. The van der Waals surface area contributed by atoms with Gasteiger partial charge in [0.2, 0.25) is 5.78 Å². The van der Waals surface area contributed by atoms with Gasteiger partial charge < -0.3 is 5.32 Å². The number of rotatable bonds is 0. The van der Waals surface area contributed by atoms with Crippen LogP contribution < -0.4 is 5.32 Å². The average molecular weight is 397 g/mol. The van der Waals surface area contributed by atoms with Crippen molar-refractivity contribution in [3.63, 3.8) is 0 Å². The van der Waals surface area contributed by atoms with Gasteiger partial charge in [0.05, 0.1) is 5.70 Å². The number of fused-ring (bicyclic) bond motifs is 2. The molecule has 2 atom stereocenters. The van der Waals surface area contributed by atoms with E-state index in [1.54, 1.807) is 6.92 Å². The van der Waals surface area contributed by atoms with Crippen LogP contribution in [-0.4, -0.2) is 17.5 Å². The zero-order chi connectivity index (χ0) is 21.4. The Kier molecular flexibility index (Phi) is 8.81. The molecule has 0 fully saturated rings. The number of allylic oxidation sites excluding steroid dienone is 6. The molecule has 1 aliphatic heterocycles. The van der Waals surface area contributed by atoms with E-state index in [2.05, 4.69) is 38.6 Å². The van der Waals surface area contributed by atoms with Crippen molar-refractivity contribution in [1.82, 2.24) is 5.32 Å². The normalized spacial score (nSPS) is 29.7. The third-order valence-electron chi connectivity index (χ3n) is 5.54. The number of Topliss-reactive ketones (excluding diaryl/α,β-unsaturated/α-hetero) is 1. The van der Waals surface area contributed by atoms with Gasteiger partial charge in [0.15, 0.2) is 5.78 Å². The number of carbonyl (C=O) groups is 3. The van der Waals surface area contributed by atoms with Crippen LogP contribution in [0.25, 0.3) is 0 Å². The van der Waals surface area contributed by atoms with Crippen molar-refractivity contribution in [2.24, 2.45) is 11.8 Å². The number of hydrogen-bond acceptors (Lipinski definition) is 3. The molecule has 0 aromatic carbocycles. The van der Waals surface area contributed by atoms with Crippen LogP contribution in [0.4, 0.5) is 0 Å². The molecule has 1 N–H and O–H groups in total. The van der Waals surface area contributed by atoms with Gasteiger partial charge in [-0.05, 0) is 70.3 Å². The number of carbonyl (C=O) groups excluding carboxylic acids is 3. The van der Waals surface area contributed by atoms with Crippen LogP contribution in [-0.2, 0) is 14.4 Å². The van der Waals surface area contributed by atoms with E-state index >= 15 is 0 Å². The second-order valence-corrected chi connectivity index (χ2v) is 8.56. The molecule has 2 bridgehead atoms. The lowest BCUT2D eigenvalue weighted by Gasteiger charge is -2.18. The Labute approximate surface area is 175 Å². The Bertz CT molecular complexity index is 767. The van der Waals surface area contributed by atoms with E-state index in [4.69, 9.17) is 0 Å². The molecule has 157 valence electrons. The molecule has 0 saturated heterocycles. The molecule has 4 heteroatoms. The Morgan fingerprint density at radius 3 is 2.48 bits per heavy atom. The van der Waals surface area contributed by atoms with E-state index in [0.29, 0.717) is 29.4 Å². The minimum Gasteiger partial charge on any atom is -0.319 e. The second-order valence-electron chi connectivity index (χ2n) is 8.56. The van der Waals surface area contributed by atoms with E-state index in [9.17, 15) is 14.4 Å². The van der Waals surface area contributed by atoms with E-state index in [0.717, 1.165) is 38.5 Å². The summed E-state index contributed by atoms with van der Waals surface area (Å²) >= 11 is 0. The van der Waals surface area contributed by atoms with Gasteiger partial charge >= 0.3 is 0 Å². The van der Waals surface area contributed by atoms with Gasteiger partial charge in [-0.2, -0.15) is 0 Å². The zero-order valence-corrected chi connectivity index (χ0v) is 18.2. The smallest absolute Gasteiger partial charge is 0.251 e. The van der Waals surface area contributed by atoms with E-state index in [-0.39, 0.29) is 23.2 Å². The summed E-state index contributed by atoms with van der Waals surface area (Å²) in [6.45, 7) is 8.25. The minimum absolute atomic E-state index is 0.0946. The lowest BCUT2D eigenvalue weighted by molar-refractivity contribution is -0.120. The Morgan fingerprint density at radius 1 is 0.966 bits per heavy atom. The molecular weight excluding hydrogens is 362 g/mol. The average Bonchev–Trinajstić information content (AvgIpc) is 2.64. The van der Waals surface area contributed by atoms with E-state index in [1.807, 2.05) is 6.08 Å². The molecule has 1 aliphatic carbocycles. The van der Waals surface area contributed by atoms with Crippen molar-refractivity contribution in [3.05, 3.63) is 53.1 Å². The van der Waals surface area contributed by atoms with Crippen LogP contribution in [0.1, 0.15) is 72.6 Å². The van der Waals surface area contributed by atoms with E-state index < -0.39 is 0 Å². The van der Waals surface area contributed by atoms with Crippen LogP contribution in [0, 0.1) is 18.3 Å². The lowest BCUT2D eigenvalue weighted by Crippen LogP contribution is -2.31. The molecule has 1 amide bonds. The molecule has 2 aliphatic rings. The summed E-state index contributed by atoms with van der Waals surface area (Å²) in [4.78, 5) is 37.3. The van der Waals surface area contributed by atoms with Crippen LogP contribution in [0.2, 0.25) is 0 Å². The van der Waals surface area contributed by atoms with Crippen molar-refractivity contribution < 1.29 is 14.4 Å². The van der Waals surface area contributed by atoms with Gasteiger partial charge in [0.1, 0.15) is 0 Å².